The van der Waals surface area contributed by atoms with Crippen LogP contribution < -0.4 is 5.32 Å². The van der Waals surface area contributed by atoms with Crippen LogP contribution in [0.15, 0.2) is 23.6 Å². The van der Waals surface area contributed by atoms with E-state index in [9.17, 15) is 4.79 Å². The van der Waals surface area contributed by atoms with Gasteiger partial charge in [0.2, 0.25) is 5.91 Å². The zero-order valence-electron chi connectivity index (χ0n) is 11.6. The number of halogens is 2. The third-order valence-corrected chi connectivity index (χ3v) is 4.58. The molecule has 0 bridgehead atoms. The Morgan fingerprint density at radius 3 is 2.90 bits per heavy atom. The van der Waals surface area contributed by atoms with Crippen LogP contribution in [0.5, 0.6) is 0 Å². The average Bonchev–Trinajstić information content (AvgIpc) is 2.93. The number of thioether (sulfide) groups is 1. The van der Waals surface area contributed by atoms with Crippen molar-refractivity contribution in [1.29, 1.82) is 0 Å². The number of nitrogens with zero attached hydrogens (tertiary/aromatic N) is 3. The van der Waals surface area contributed by atoms with Crippen LogP contribution in [0.3, 0.4) is 0 Å². The molecule has 0 atom stereocenters. The molecule has 0 aliphatic carbocycles. The molecular formula is C13H14Cl2N4OS. The van der Waals surface area contributed by atoms with Crippen LogP contribution in [-0.2, 0) is 11.3 Å². The Bertz CT molecular complexity index is 660. The van der Waals surface area contributed by atoms with Crippen LogP contribution in [0.2, 0.25) is 10.0 Å². The normalized spacial score (nSPS) is 10.7. The molecule has 21 heavy (non-hydrogen) atoms. The smallest absolute Gasteiger partial charge is 0.234 e. The maximum Gasteiger partial charge on any atom is 0.234 e. The van der Waals surface area contributed by atoms with E-state index in [0.29, 0.717) is 20.9 Å². The quantitative estimate of drug-likeness (QED) is 0.841. The summed E-state index contributed by atoms with van der Waals surface area (Å²) in [6.07, 6.45) is 1.63. The van der Waals surface area contributed by atoms with Crippen LogP contribution in [0.1, 0.15) is 12.5 Å². The number of benzene rings is 1. The van der Waals surface area contributed by atoms with Gasteiger partial charge in [-0.25, -0.2) is 0 Å². The molecule has 0 saturated heterocycles. The minimum Gasteiger partial charge on any atom is -0.323 e. The first-order valence-corrected chi connectivity index (χ1v) is 8.02. The highest BCUT2D eigenvalue weighted by Gasteiger charge is 2.13. The van der Waals surface area contributed by atoms with Gasteiger partial charge in [-0.15, -0.1) is 10.2 Å². The highest BCUT2D eigenvalue weighted by molar-refractivity contribution is 7.99. The van der Waals surface area contributed by atoms with E-state index in [2.05, 4.69) is 15.5 Å². The standard InChI is InChI=1S/C13H14Cl2N4OS/c1-3-19-7-16-18-13(19)21-6-10(20)17-12-9(14)5-4-8(2)11(12)15/h4-5,7H,3,6H2,1-2H3,(H,17,20). The number of hydrogen-bond donors (Lipinski definition) is 1. The molecule has 0 spiro atoms. The maximum absolute atomic E-state index is 12.0. The maximum atomic E-state index is 12.0. The first kappa shape index (κ1) is 16.1. The molecule has 0 unspecified atom stereocenters. The van der Waals surface area contributed by atoms with E-state index in [1.807, 2.05) is 18.4 Å². The van der Waals surface area contributed by atoms with Crippen LogP contribution in [0.4, 0.5) is 5.69 Å². The van der Waals surface area contributed by atoms with E-state index in [-0.39, 0.29) is 11.7 Å². The molecule has 0 fully saturated rings. The Hall–Kier alpha value is -1.24. The lowest BCUT2D eigenvalue weighted by Crippen LogP contribution is -2.15. The number of carbonyl (C=O) groups is 1. The lowest BCUT2D eigenvalue weighted by Gasteiger charge is -2.11. The van der Waals surface area contributed by atoms with Crippen molar-refractivity contribution in [2.75, 3.05) is 11.1 Å². The van der Waals surface area contributed by atoms with Gasteiger partial charge in [0.1, 0.15) is 6.33 Å². The van der Waals surface area contributed by atoms with E-state index in [1.54, 1.807) is 18.5 Å². The SMILES string of the molecule is CCn1cnnc1SCC(=O)Nc1c(Cl)ccc(C)c1Cl. The Kier molecular flexibility index (Phi) is 5.50. The number of aryl methyl sites for hydroxylation is 2. The number of rotatable bonds is 5. The van der Waals surface area contributed by atoms with Crippen molar-refractivity contribution in [3.8, 4) is 0 Å². The first-order chi connectivity index (χ1) is 10.0. The number of amides is 1. The Balaban J connectivity index is 2.01. The molecule has 2 rings (SSSR count). The van der Waals surface area contributed by atoms with Gasteiger partial charge in [-0.3, -0.25) is 4.79 Å². The summed E-state index contributed by atoms with van der Waals surface area (Å²) in [5.74, 6) is 0.0132. The molecule has 1 heterocycles. The molecule has 5 nitrogen and oxygen atoms in total. The molecule has 1 N–H and O–H groups in total. The molecule has 112 valence electrons. The van der Waals surface area contributed by atoms with Crippen molar-refractivity contribution in [3.05, 3.63) is 34.1 Å². The molecule has 0 aliphatic heterocycles. The van der Waals surface area contributed by atoms with Gasteiger partial charge >= 0.3 is 0 Å². The Labute approximate surface area is 137 Å². The van der Waals surface area contributed by atoms with Crippen molar-refractivity contribution in [2.24, 2.45) is 0 Å². The fraction of sp³-hybridized carbons (Fsp3) is 0.308. The topological polar surface area (TPSA) is 59.8 Å². The van der Waals surface area contributed by atoms with Crippen molar-refractivity contribution in [2.45, 2.75) is 25.5 Å². The minimum absolute atomic E-state index is 0.194. The summed E-state index contributed by atoms with van der Waals surface area (Å²) in [7, 11) is 0. The van der Waals surface area contributed by atoms with Crippen LogP contribution in [0, 0.1) is 6.92 Å². The van der Waals surface area contributed by atoms with Gasteiger partial charge in [0, 0.05) is 6.54 Å². The van der Waals surface area contributed by atoms with E-state index in [0.717, 1.165) is 12.1 Å². The molecule has 1 aromatic heterocycles. The molecule has 1 amide bonds. The van der Waals surface area contributed by atoms with Crippen molar-refractivity contribution in [1.82, 2.24) is 14.8 Å². The zero-order chi connectivity index (χ0) is 15.4. The van der Waals surface area contributed by atoms with Crippen LogP contribution in [0.25, 0.3) is 0 Å². The molecule has 2 aromatic rings. The third kappa shape index (κ3) is 3.90. The Morgan fingerprint density at radius 2 is 2.19 bits per heavy atom. The summed E-state index contributed by atoms with van der Waals surface area (Å²) in [5, 5.41) is 12.1. The van der Waals surface area contributed by atoms with Gasteiger partial charge in [-0.1, -0.05) is 41.0 Å². The van der Waals surface area contributed by atoms with Gasteiger partial charge in [-0.05, 0) is 25.5 Å². The summed E-state index contributed by atoms with van der Waals surface area (Å²) >= 11 is 13.5. The first-order valence-electron chi connectivity index (χ1n) is 6.28. The van der Waals surface area contributed by atoms with E-state index >= 15 is 0 Å². The average molecular weight is 345 g/mol. The van der Waals surface area contributed by atoms with E-state index in [1.165, 1.54) is 11.8 Å². The predicted molar refractivity (Wildman–Crippen MR) is 86.2 cm³/mol. The third-order valence-electron chi connectivity index (χ3n) is 2.80. The van der Waals surface area contributed by atoms with Gasteiger partial charge in [0.15, 0.2) is 5.16 Å². The number of anilines is 1. The fourth-order valence-electron chi connectivity index (χ4n) is 1.65. The second-order valence-electron chi connectivity index (χ2n) is 4.29. The molecule has 0 aliphatic rings. The lowest BCUT2D eigenvalue weighted by atomic mass is 10.2. The summed E-state index contributed by atoms with van der Waals surface area (Å²) < 4.78 is 1.87. The van der Waals surface area contributed by atoms with Gasteiger partial charge in [0.05, 0.1) is 21.5 Å². The molecular weight excluding hydrogens is 331 g/mol. The van der Waals surface area contributed by atoms with Crippen LogP contribution >= 0.6 is 35.0 Å². The van der Waals surface area contributed by atoms with Crippen molar-refractivity contribution < 1.29 is 4.79 Å². The summed E-state index contributed by atoms with van der Waals surface area (Å²) in [4.78, 5) is 12.0. The minimum atomic E-state index is -0.194. The monoisotopic (exact) mass is 344 g/mol. The van der Waals surface area contributed by atoms with E-state index < -0.39 is 0 Å². The predicted octanol–water partition coefficient (Wildman–Crippen LogP) is 3.64. The fourth-order valence-corrected chi connectivity index (χ4v) is 2.89. The highest BCUT2D eigenvalue weighted by Crippen LogP contribution is 2.33. The van der Waals surface area contributed by atoms with Gasteiger partial charge in [0.25, 0.3) is 0 Å². The van der Waals surface area contributed by atoms with Crippen molar-refractivity contribution >= 4 is 46.6 Å². The van der Waals surface area contributed by atoms with Crippen LogP contribution in [-0.4, -0.2) is 26.4 Å². The van der Waals surface area contributed by atoms with Crippen molar-refractivity contribution in [3.63, 3.8) is 0 Å². The summed E-state index contributed by atoms with van der Waals surface area (Å²) in [5.41, 5.74) is 1.30. The molecule has 0 saturated carbocycles. The summed E-state index contributed by atoms with van der Waals surface area (Å²) in [6.45, 7) is 4.60. The second-order valence-corrected chi connectivity index (χ2v) is 6.02. The molecule has 8 heteroatoms. The van der Waals surface area contributed by atoms with Gasteiger partial charge < -0.3 is 9.88 Å². The molecule has 1 aromatic carbocycles. The number of carbonyl (C=O) groups excluding carboxylic acids is 1. The number of aromatic nitrogens is 3. The number of nitrogens with one attached hydrogen (secondary N) is 1. The number of hydrogen-bond acceptors (Lipinski definition) is 4. The highest BCUT2D eigenvalue weighted by atomic mass is 35.5. The molecule has 0 radical (unpaired) electrons. The van der Waals surface area contributed by atoms with E-state index in [4.69, 9.17) is 23.2 Å². The van der Waals surface area contributed by atoms with Gasteiger partial charge in [-0.2, -0.15) is 0 Å². The second kappa shape index (κ2) is 7.15. The Morgan fingerprint density at radius 1 is 1.43 bits per heavy atom. The largest absolute Gasteiger partial charge is 0.323 e. The zero-order valence-corrected chi connectivity index (χ0v) is 13.9. The summed E-state index contributed by atoms with van der Waals surface area (Å²) in [6, 6.07) is 3.51. The lowest BCUT2D eigenvalue weighted by molar-refractivity contribution is -0.113.